The molecular weight excluding hydrogens is 460 g/mol. The number of fused-ring (bicyclic) bond motifs is 1. The van der Waals surface area contributed by atoms with E-state index in [1.165, 1.54) is 12.0 Å². The summed E-state index contributed by atoms with van der Waals surface area (Å²) in [7, 11) is 1.53. The van der Waals surface area contributed by atoms with Crippen molar-refractivity contribution in [1.29, 1.82) is 0 Å². The summed E-state index contributed by atoms with van der Waals surface area (Å²) in [5.74, 6) is 0.0961. The van der Waals surface area contributed by atoms with Crippen LogP contribution in [0.5, 0.6) is 5.75 Å². The zero-order chi connectivity index (χ0) is 25.3. The molecule has 2 N–H and O–H groups in total. The number of hydrogen-bond acceptors (Lipinski definition) is 6. The van der Waals surface area contributed by atoms with Gasteiger partial charge in [0.15, 0.2) is 0 Å². The van der Waals surface area contributed by atoms with Crippen molar-refractivity contribution in [2.45, 2.75) is 39.8 Å². The van der Waals surface area contributed by atoms with Crippen LogP contribution in [0.15, 0.2) is 47.3 Å². The Bertz CT molecular complexity index is 1120. The van der Waals surface area contributed by atoms with E-state index in [1.807, 2.05) is 39.0 Å². The number of methoxy groups -OCH3 is 1. The van der Waals surface area contributed by atoms with E-state index in [2.05, 4.69) is 15.6 Å². The number of nitrogens with zero attached hydrogens (tertiary/aromatic N) is 2. The molecule has 182 valence electrons. The first-order valence-electron chi connectivity index (χ1n) is 10.7. The lowest BCUT2D eigenvalue weighted by Gasteiger charge is -2.28. The highest BCUT2D eigenvalue weighted by Gasteiger charge is 2.43. The number of ether oxygens (including phenoxy) is 1. The molecule has 1 aliphatic rings. The average Bonchev–Trinajstić information content (AvgIpc) is 3.41. The van der Waals surface area contributed by atoms with Gasteiger partial charge in [0.1, 0.15) is 16.9 Å². The SMILES string of the molecule is CC.COc1ccc(CN(C=O)C[C@@]2(C)NC(=O)NC2=O)c(C)c1Cl.c1cc2occc2cn1. The standard InChI is InChI=1S/C15H18ClN3O4.C7H5NO.C2H6/c1-9-10(4-5-11(23-3)12(9)16)6-19(8-20)7-15(2)13(21)17-14(22)18-15;1-3-8-5-6-2-4-9-7(1)6;1-2/h4-5,8H,6-7H2,1-3H3,(H2,17,18,21,22);1-5H;1-2H3/t15-;;/m1../s1. The first-order valence-corrected chi connectivity index (χ1v) is 11.1. The minimum atomic E-state index is -1.15. The number of urea groups is 1. The Morgan fingerprint density at radius 1 is 1.24 bits per heavy atom. The topological polar surface area (TPSA) is 114 Å². The zero-order valence-corrected chi connectivity index (χ0v) is 20.6. The molecule has 1 atom stereocenters. The number of carbonyl (C=O) groups is 3. The van der Waals surface area contributed by atoms with E-state index in [1.54, 1.807) is 31.6 Å². The number of carbonyl (C=O) groups excluding carboxylic acids is 3. The average molecular weight is 489 g/mol. The summed E-state index contributed by atoms with van der Waals surface area (Å²) in [5, 5.41) is 6.23. The number of hydrogen-bond donors (Lipinski definition) is 2. The fraction of sp³-hybridized carbons (Fsp3) is 0.333. The highest BCUT2D eigenvalue weighted by Crippen LogP contribution is 2.30. The number of nitrogens with one attached hydrogen (secondary N) is 2. The van der Waals surface area contributed by atoms with Gasteiger partial charge in [0.2, 0.25) is 6.41 Å². The number of rotatable bonds is 6. The third-order valence-corrected chi connectivity index (χ3v) is 5.56. The van der Waals surface area contributed by atoms with Crippen LogP contribution in [0.4, 0.5) is 4.79 Å². The molecule has 0 bridgehead atoms. The molecule has 3 aromatic rings. The first-order chi connectivity index (χ1) is 16.3. The molecule has 0 spiro atoms. The van der Waals surface area contributed by atoms with Crippen LogP contribution in [0, 0.1) is 6.92 Å². The lowest BCUT2D eigenvalue weighted by molar-refractivity contribution is -0.126. The molecule has 1 saturated heterocycles. The molecule has 0 saturated carbocycles. The number of pyridine rings is 1. The van der Waals surface area contributed by atoms with Crippen LogP contribution < -0.4 is 15.4 Å². The van der Waals surface area contributed by atoms with Gasteiger partial charge >= 0.3 is 6.03 Å². The summed E-state index contributed by atoms with van der Waals surface area (Å²) < 4.78 is 10.2. The summed E-state index contributed by atoms with van der Waals surface area (Å²) in [6, 6.07) is 6.70. The Hall–Kier alpha value is -3.59. The van der Waals surface area contributed by atoms with Crippen molar-refractivity contribution in [3.63, 3.8) is 0 Å². The van der Waals surface area contributed by atoms with Crippen molar-refractivity contribution in [2.75, 3.05) is 13.7 Å². The Morgan fingerprint density at radius 2 is 1.97 bits per heavy atom. The summed E-state index contributed by atoms with van der Waals surface area (Å²) in [6.07, 6.45) is 5.79. The monoisotopic (exact) mass is 488 g/mol. The van der Waals surface area contributed by atoms with E-state index in [9.17, 15) is 14.4 Å². The lowest BCUT2D eigenvalue weighted by atomic mass is 10.0. The lowest BCUT2D eigenvalue weighted by Crippen LogP contribution is -2.52. The maximum Gasteiger partial charge on any atom is 0.322 e. The van der Waals surface area contributed by atoms with Gasteiger partial charge in [-0.1, -0.05) is 31.5 Å². The molecule has 0 radical (unpaired) electrons. The van der Waals surface area contributed by atoms with Crippen LogP contribution in [0.25, 0.3) is 11.0 Å². The van der Waals surface area contributed by atoms with Crippen LogP contribution in [0.1, 0.15) is 31.9 Å². The van der Waals surface area contributed by atoms with E-state index < -0.39 is 17.5 Å². The quantitative estimate of drug-likeness (QED) is 0.399. The van der Waals surface area contributed by atoms with Crippen molar-refractivity contribution < 1.29 is 23.5 Å². The van der Waals surface area contributed by atoms with Crippen LogP contribution in [-0.2, 0) is 16.1 Å². The van der Waals surface area contributed by atoms with Gasteiger partial charge in [0.05, 0.1) is 24.9 Å². The van der Waals surface area contributed by atoms with Gasteiger partial charge in [0, 0.05) is 24.3 Å². The van der Waals surface area contributed by atoms with E-state index in [0.29, 0.717) is 17.2 Å². The molecule has 9 nitrogen and oxygen atoms in total. The number of furan rings is 1. The third kappa shape index (κ3) is 6.26. The molecule has 1 aliphatic heterocycles. The van der Waals surface area contributed by atoms with Crippen LogP contribution in [0.3, 0.4) is 0 Å². The number of benzene rings is 1. The van der Waals surface area contributed by atoms with Gasteiger partial charge in [-0.15, -0.1) is 0 Å². The molecule has 10 heteroatoms. The number of amides is 4. The highest BCUT2D eigenvalue weighted by molar-refractivity contribution is 6.32. The second-order valence-corrected chi connectivity index (χ2v) is 7.83. The van der Waals surface area contributed by atoms with Crippen molar-refractivity contribution in [2.24, 2.45) is 0 Å². The summed E-state index contributed by atoms with van der Waals surface area (Å²) >= 11 is 6.21. The van der Waals surface area contributed by atoms with Gasteiger partial charge < -0.3 is 19.4 Å². The largest absolute Gasteiger partial charge is 0.495 e. The van der Waals surface area contributed by atoms with Crippen LogP contribution >= 0.6 is 11.6 Å². The number of halogens is 1. The predicted octanol–water partition coefficient (Wildman–Crippen LogP) is 4.07. The van der Waals surface area contributed by atoms with E-state index in [4.69, 9.17) is 20.8 Å². The second-order valence-electron chi connectivity index (χ2n) is 7.45. The Kier molecular flexibility index (Phi) is 9.44. The summed E-state index contributed by atoms with van der Waals surface area (Å²) in [4.78, 5) is 39.8. The normalized spacial score (nSPS) is 16.4. The molecule has 0 unspecified atom stereocenters. The molecular formula is C24H29ClN4O5. The molecule has 34 heavy (non-hydrogen) atoms. The highest BCUT2D eigenvalue weighted by atomic mass is 35.5. The van der Waals surface area contributed by atoms with E-state index in [-0.39, 0.29) is 13.1 Å². The third-order valence-electron chi connectivity index (χ3n) is 5.10. The van der Waals surface area contributed by atoms with Crippen molar-refractivity contribution in [1.82, 2.24) is 20.5 Å². The molecule has 0 aliphatic carbocycles. The van der Waals surface area contributed by atoms with Crippen molar-refractivity contribution in [3.05, 3.63) is 59.1 Å². The van der Waals surface area contributed by atoms with E-state index in [0.717, 1.165) is 22.1 Å². The second kappa shape index (κ2) is 12.0. The Balaban J connectivity index is 0.000000305. The van der Waals surface area contributed by atoms with Crippen molar-refractivity contribution in [3.8, 4) is 5.75 Å². The van der Waals surface area contributed by atoms with Crippen molar-refractivity contribution >= 4 is 40.9 Å². The van der Waals surface area contributed by atoms with Crippen LogP contribution in [0.2, 0.25) is 5.02 Å². The minimum Gasteiger partial charge on any atom is -0.495 e. The fourth-order valence-corrected chi connectivity index (χ4v) is 3.54. The predicted molar refractivity (Wildman–Crippen MR) is 130 cm³/mol. The fourth-order valence-electron chi connectivity index (χ4n) is 3.28. The summed E-state index contributed by atoms with van der Waals surface area (Å²) in [5.41, 5.74) is 1.37. The van der Waals surface area contributed by atoms with Gasteiger partial charge in [0.25, 0.3) is 5.91 Å². The molecule has 2 aromatic heterocycles. The maximum absolute atomic E-state index is 11.8. The number of aromatic nitrogens is 1. The Labute approximate surface area is 203 Å². The molecule has 3 heterocycles. The number of imide groups is 1. The molecule has 4 amide bonds. The molecule has 1 fully saturated rings. The van der Waals surface area contributed by atoms with Gasteiger partial charge in [-0.3, -0.25) is 19.9 Å². The van der Waals surface area contributed by atoms with E-state index >= 15 is 0 Å². The van der Waals surface area contributed by atoms with Crippen LogP contribution in [-0.4, -0.2) is 47.4 Å². The van der Waals surface area contributed by atoms with Gasteiger partial charge in [-0.05, 0) is 43.2 Å². The van der Waals surface area contributed by atoms with Gasteiger partial charge in [-0.25, -0.2) is 4.79 Å². The Morgan fingerprint density at radius 3 is 2.56 bits per heavy atom. The molecule has 4 rings (SSSR count). The molecule has 1 aromatic carbocycles. The first kappa shape index (κ1) is 26.7. The van der Waals surface area contributed by atoms with Gasteiger partial charge in [-0.2, -0.15) is 0 Å². The summed E-state index contributed by atoms with van der Waals surface area (Å²) in [6.45, 7) is 7.71. The zero-order valence-electron chi connectivity index (χ0n) is 19.8. The minimum absolute atomic E-state index is 0.0527. The smallest absolute Gasteiger partial charge is 0.322 e. The maximum atomic E-state index is 11.8.